The van der Waals surface area contributed by atoms with Gasteiger partial charge in [0.15, 0.2) is 12.7 Å². The Balaban J connectivity index is 0.000000658. The molecule has 0 aliphatic heterocycles. The van der Waals surface area contributed by atoms with Gasteiger partial charge in [-0.25, -0.2) is 18.6 Å². The molecule has 9 heteroatoms. The molecule has 0 bridgehead atoms. The van der Waals surface area contributed by atoms with Crippen molar-refractivity contribution in [2.24, 2.45) is 0 Å². The molecule has 0 saturated heterocycles. The maximum atomic E-state index is 13.2. The van der Waals surface area contributed by atoms with Gasteiger partial charge >= 0.3 is 0 Å². The SMILES string of the molecule is O=C(NC(=CCl)[P+](c1ccccc1)(c1ccccc1)c1ccccc1)c1ccccc1.[O-][Cl+3]([O-])([O-])[O-]. The Morgan fingerprint density at radius 3 is 1.25 bits per heavy atom. The maximum absolute atomic E-state index is 13.2. The molecule has 0 saturated carbocycles. The van der Waals surface area contributed by atoms with Crippen molar-refractivity contribution in [2.75, 3.05) is 0 Å². The van der Waals surface area contributed by atoms with Gasteiger partial charge in [-0.05, 0) is 48.5 Å². The van der Waals surface area contributed by atoms with Crippen molar-refractivity contribution in [2.45, 2.75) is 0 Å². The lowest BCUT2D eigenvalue weighted by Crippen LogP contribution is -2.68. The summed E-state index contributed by atoms with van der Waals surface area (Å²) >= 11 is 6.48. The highest BCUT2D eigenvalue weighted by atomic mass is 35.7. The summed E-state index contributed by atoms with van der Waals surface area (Å²) in [6, 6.07) is 40.1. The van der Waals surface area contributed by atoms with Crippen molar-refractivity contribution in [1.29, 1.82) is 0 Å². The van der Waals surface area contributed by atoms with E-state index in [1.165, 1.54) is 5.54 Å². The van der Waals surface area contributed by atoms with Gasteiger partial charge in [0.1, 0.15) is 15.9 Å². The molecule has 36 heavy (non-hydrogen) atoms. The summed E-state index contributed by atoms with van der Waals surface area (Å²) < 4.78 is 34.0. The predicted molar refractivity (Wildman–Crippen MR) is 133 cm³/mol. The molecule has 0 atom stereocenters. The fraction of sp³-hybridized carbons (Fsp3) is 0. The highest BCUT2D eigenvalue weighted by Gasteiger charge is 2.50. The first kappa shape index (κ1) is 27.5. The number of nitrogens with one attached hydrogen (secondary N) is 1. The summed E-state index contributed by atoms with van der Waals surface area (Å²) in [6.45, 7) is 0. The zero-order chi connectivity index (χ0) is 26.0. The van der Waals surface area contributed by atoms with Crippen LogP contribution in [-0.2, 0) is 0 Å². The van der Waals surface area contributed by atoms with Gasteiger partial charge in [0.2, 0.25) is 0 Å². The van der Waals surface area contributed by atoms with Crippen molar-refractivity contribution in [3.63, 3.8) is 0 Å². The number of amides is 1. The van der Waals surface area contributed by atoms with Crippen LogP contribution < -0.4 is 39.9 Å². The minimum Gasteiger partial charge on any atom is -0.291 e. The molecule has 0 heterocycles. The summed E-state index contributed by atoms with van der Waals surface area (Å²) in [5.74, 6) is -0.181. The van der Waals surface area contributed by atoms with Crippen LogP contribution in [0, 0.1) is 10.2 Å². The molecule has 0 aliphatic carbocycles. The van der Waals surface area contributed by atoms with Gasteiger partial charge in [0, 0.05) is 5.56 Å². The Bertz CT molecular complexity index is 1170. The minimum absolute atomic E-state index is 0.181. The van der Waals surface area contributed by atoms with Gasteiger partial charge < -0.3 is 0 Å². The van der Waals surface area contributed by atoms with Crippen LogP contribution in [0.2, 0.25) is 0 Å². The van der Waals surface area contributed by atoms with E-state index in [2.05, 4.69) is 41.7 Å². The van der Waals surface area contributed by atoms with Crippen molar-refractivity contribution in [3.8, 4) is 0 Å². The molecule has 6 nitrogen and oxygen atoms in total. The molecule has 0 radical (unpaired) electrons. The molecule has 1 amide bonds. The van der Waals surface area contributed by atoms with Crippen molar-refractivity contribution in [1.82, 2.24) is 5.32 Å². The molecule has 184 valence electrons. The minimum atomic E-state index is -4.94. The monoisotopic (exact) mass is 541 g/mol. The lowest BCUT2D eigenvalue weighted by molar-refractivity contribution is -2.00. The van der Waals surface area contributed by atoms with Crippen LogP contribution >= 0.6 is 18.9 Å². The molecule has 4 rings (SSSR count). The normalized spacial score (nSPS) is 11.8. The van der Waals surface area contributed by atoms with Crippen LogP contribution in [0.4, 0.5) is 0 Å². The smallest absolute Gasteiger partial charge is 0.258 e. The first-order valence-electron chi connectivity index (χ1n) is 10.6. The average molecular weight is 542 g/mol. The highest BCUT2D eigenvalue weighted by Crippen LogP contribution is 2.61. The molecular formula is C27H22Cl2NO5P. The highest BCUT2D eigenvalue weighted by molar-refractivity contribution is 7.99. The number of rotatable bonds is 6. The third-order valence-corrected chi connectivity index (χ3v) is 9.72. The van der Waals surface area contributed by atoms with E-state index < -0.39 is 17.5 Å². The van der Waals surface area contributed by atoms with Crippen LogP contribution in [0.25, 0.3) is 0 Å². The molecule has 0 aliphatic rings. The van der Waals surface area contributed by atoms with Crippen molar-refractivity contribution < 1.29 is 33.7 Å². The van der Waals surface area contributed by atoms with E-state index in [0.717, 1.165) is 15.9 Å². The largest absolute Gasteiger partial charge is 0.291 e. The summed E-state index contributed by atoms with van der Waals surface area (Å²) in [5, 5.41) is 6.51. The van der Waals surface area contributed by atoms with Crippen LogP contribution in [0.1, 0.15) is 10.4 Å². The van der Waals surface area contributed by atoms with E-state index >= 15 is 0 Å². The Kier molecular flexibility index (Phi) is 9.76. The lowest BCUT2D eigenvalue weighted by Gasteiger charge is -2.29. The van der Waals surface area contributed by atoms with Crippen molar-refractivity contribution >= 4 is 40.7 Å². The second-order valence-corrected chi connectivity index (χ2v) is 11.7. The third kappa shape index (κ3) is 7.00. The summed E-state index contributed by atoms with van der Waals surface area (Å²) in [6.07, 6.45) is 0. The fourth-order valence-corrected chi connectivity index (χ4v) is 8.28. The van der Waals surface area contributed by atoms with E-state index in [9.17, 15) is 4.79 Å². The van der Waals surface area contributed by atoms with Gasteiger partial charge in [0.25, 0.3) is 5.91 Å². The standard InChI is InChI=1S/C27H21ClNOP.ClHO4/c28-21-26(29-27(30)22-13-5-1-6-14-22)31(23-15-7-2-8-16-23,24-17-9-3-10-18-24)25-19-11-4-12-20-25;2-1(3,4)5/h1-21H;(H,2,3,4,5). The molecule has 4 aromatic rings. The van der Waals surface area contributed by atoms with Gasteiger partial charge in [-0.3, -0.25) is 10.1 Å². The second kappa shape index (κ2) is 12.8. The van der Waals surface area contributed by atoms with Crippen LogP contribution in [-0.4, -0.2) is 5.91 Å². The summed E-state index contributed by atoms with van der Waals surface area (Å²) in [7, 11) is -7.38. The first-order valence-corrected chi connectivity index (χ1v) is 14.1. The molecule has 0 fully saturated rings. The third-order valence-electron chi connectivity index (χ3n) is 5.17. The zero-order valence-electron chi connectivity index (χ0n) is 18.9. The van der Waals surface area contributed by atoms with Crippen molar-refractivity contribution in [3.05, 3.63) is 138 Å². The Hall–Kier alpha value is -3.06. The average Bonchev–Trinajstić information content (AvgIpc) is 2.90. The van der Waals surface area contributed by atoms with Crippen LogP contribution in [0.5, 0.6) is 0 Å². The second-order valence-electron chi connectivity index (χ2n) is 7.37. The molecule has 4 aromatic carbocycles. The number of hydrogen-bond acceptors (Lipinski definition) is 5. The fourth-order valence-electron chi connectivity index (χ4n) is 3.78. The van der Waals surface area contributed by atoms with Gasteiger partial charge in [-0.2, -0.15) is 0 Å². The molecule has 1 N–H and O–H groups in total. The van der Waals surface area contributed by atoms with Gasteiger partial charge in [0.05, 0.1) is 5.54 Å². The number of carbonyl (C=O) groups excluding carboxylic acids is 1. The lowest BCUT2D eigenvalue weighted by atomic mass is 10.2. The molecular weight excluding hydrogens is 520 g/mol. The van der Waals surface area contributed by atoms with Crippen LogP contribution in [0.15, 0.2) is 132 Å². The zero-order valence-corrected chi connectivity index (χ0v) is 21.3. The summed E-state index contributed by atoms with van der Waals surface area (Å²) in [4.78, 5) is 13.2. The van der Waals surface area contributed by atoms with E-state index in [1.807, 2.05) is 72.8 Å². The predicted octanol–water partition coefficient (Wildman–Crippen LogP) is 0.692. The number of carbonyl (C=O) groups is 1. The number of benzene rings is 4. The Labute approximate surface area is 217 Å². The summed E-state index contributed by atoms with van der Waals surface area (Å²) in [5.41, 5.74) is 2.82. The van der Waals surface area contributed by atoms with Gasteiger partial charge in [-0.1, -0.05) is 84.4 Å². The molecule has 0 unspecified atom stereocenters. The number of halogens is 2. The van der Waals surface area contributed by atoms with Gasteiger partial charge in [-0.15, -0.1) is 10.2 Å². The van der Waals surface area contributed by atoms with E-state index in [-0.39, 0.29) is 5.91 Å². The van der Waals surface area contributed by atoms with Crippen LogP contribution in [0.3, 0.4) is 0 Å². The molecule has 0 aromatic heterocycles. The quantitative estimate of drug-likeness (QED) is 0.360. The molecule has 0 spiro atoms. The Morgan fingerprint density at radius 1 is 0.639 bits per heavy atom. The van der Waals surface area contributed by atoms with E-state index in [0.29, 0.717) is 11.0 Å². The topological polar surface area (TPSA) is 121 Å². The first-order chi connectivity index (χ1) is 17.3. The Morgan fingerprint density at radius 2 is 0.944 bits per heavy atom. The van der Waals surface area contributed by atoms with E-state index in [4.69, 9.17) is 30.2 Å². The number of hydrogen-bond donors (Lipinski definition) is 1. The van der Waals surface area contributed by atoms with E-state index in [1.54, 1.807) is 12.1 Å². The maximum Gasteiger partial charge on any atom is 0.258 e.